The highest BCUT2D eigenvalue weighted by Crippen LogP contribution is 2.34. The Labute approximate surface area is 112 Å². The minimum Gasteiger partial charge on any atom is -0.458 e. The third-order valence-corrected chi connectivity index (χ3v) is 3.63. The molecular weight excluding hydrogens is 334 g/mol. The van der Waals surface area contributed by atoms with E-state index in [1.165, 1.54) is 10.9 Å². The highest BCUT2D eigenvalue weighted by Gasteiger charge is 2.14. The number of hydrogen-bond donors (Lipinski definition) is 1. The van der Waals surface area contributed by atoms with Crippen molar-refractivity contribution in [3.05, 3.63) is 32.4 Å². The molecule has 0 atom stereocenters. The van der Waals surface area contributed by atoms with E-state index in [1.807, 2.05) is 13.1 Å². The fourth-order valence-corrected chi connectivity index (χ4v) is 3.22. The van der Waals surface area contributed by atoms with Crippen molar-refractivity contribution in [1.82, 2.24) is 5.32 Å². The summed E-state index contributed by atoms with van der Waals surface area (Å²) < 4.78 is 7.95. The Hall–Kier alpha value is -0.320. The Morgan fingerprint density at radius 1 is 1.31 bits per heavy atom. The van der Waals surface area contributed by atoms with Crippen LogP contribution in [0.4, 0.5) is 0 Å². The van der Waals surface area contributed by atoms with Crippen molar-refractivity contribution in [2.45, 2.75) is 19.9 Å². The summed E-state index contributed by atoms with van der Waals surface area (Å²) in [4.78, 5) is 0. The zero-order chi connectivity index (χ0) is 11.7. The van der Waals surface area contributed by atoms with Gasteiger partial charge in [0, 0.05) is 15.4 Å². The van der Waals surface area contributed by atoms with Gasteiger partial charge in [-0.15, -0.1) is 0 Å². The first-order valence-corrected chi connectivity index (χ1v) is 6.79. The first-order valence-electron chi connectivity index (χ1n) is 5.21. The maximum Gasteiger partial charge on any atom is 0.148 e. The summed E-state index contributed by atoms with van der Waals surface area (Å²) in [6, 6.07) is 4.12. The molecule has 0 fully saturated rings. The molecule has 0 amide bonds. The molecule has 2 rings (SSSR count). The van der Waals surface area contributed by atoms with E-state index in [9.17, 15) is 0 Å². The molecule has 0 spiro atoms. The summed E-state index contributed by atoms with van der Waals surface area (Å²) in [5, 5.41) is 4.32. The van der Waals surface area contributed by atoms with Crippen LogP contribution >= 0.6 is 31.9 Å². The quantitative estimate of drug-likeness (QED) is 0.899. The fourth-order valence-electron chi connectivity index (χ4n) is 1.91. The highest BCUT2D eigenvalue weighted by molar-refractivity contribution is 9.11. The molecule has 1 heterocycles. The van der Waals surface area contributed by atoms with Gasteiger partial charge in [0.15, 0.2) is 0 Å². The third-order valence-electron chi connectivity index (χ3n) is 2.59. The van der Waals surface area contributed by atoms with Crippen LogP contribution in [0.25, 0.3) is 11.0 Å². The molecule has 0 saturated heterocycles. The van der Waals surface area contributed by atoms with E-state index in [4.69, 9.17) is 4.42 Å². The third kappa shape index (κ3) is 2.06. The van der Waals surface area contributed by atoms with Crippen molar-refractivity contribution in [1.29, 1.82) is 0 Å². The minimum atomic E-state index is 0.766. The van der Waals surface area contributed by atoms with Crippen LogP contribution in [0.3, 0.4) is 0 Å². The van der Waals surface area contributed by atoms with Gasteiger partial charge < -0.3 is 9.73 Å². The van der Waals surface area contributed by atoms with Crippen LogP contribution in [0.1, 0.15) is 18.2 Å². The first kappa shape index (κ1) is 12.1. The molecule has 0 unspecified atom stereocenters. The molecule has 1 aromatic carbocycles. The number of furan rings is 1. The second-order valence-corrected chi connectivity index (χ2v) is 5.42. The molecule has 0 radical (unpaired) electrons. The van der Waals surface area contributed by atoms with Gasteiger partial charge in [-0.2, -0.15) is 0 Å². The predicted octanol–water partition coefficient (Wildman–Crippen LogP) is 4.24. The van der Waals surface area contributed by atoms with Gasteiger partial charge in [-0.1, -0.05) is 22.9 Å². The van der Waals surface area contributed by atoms with Crippen LogP contribution in [0, 0.1) is 0 Å². The van der Waals surface area contributed by atoms with Crippen LogP contribution in [0.2, 0.25) is 0 Å². The van der Waals surface area contributed by atoms with E-state index in [2.05, 4.69) is 50.2 Å². The number of nitrogens with one attached hydrogen (secondary N) is 1. The Kier molecular flexibility index (Phi) is 3.72. The predicted molar refractivity (Wildman–Crippen MR) is 73.8 cm³/mol. The monoisotopic (exact) mass is 345 g/mol. The molecule has 0 saturated carbocycles. The maximum atomic E-state index is 5.89. The average molecular weight is 347 g/mol. The van der Waals surface area contributed by atoms with Crippen LogP contribution in [-0.2, 0) is 13.0 Å². The van der Waals surface area contributed by atoms with Crippen molar-refractivity contribution in [3.63, 3.8) is 0 Å². The van der Waals surface area contributed by atoms with E-state index >= 15 is 0 Å². The summed E-state index contributed by atoms with van der Waals surface area (Å²) in [6.45, 7) is 2.92. The van der Waals surface area contributed by atoms with E-state index < -0.39 is 0 Å². The Balaban J connectivity index is 2.71. The number of hydrogen-bond acceptors (Lipinski definition) is 2. The lowest BCUT2D eigenvalue weighted by atomic mass is 10.1. The van der Waals surface area contributed by atoms with E-state index in [0.717, 1.165) is 33.3 Å². The molecule has 1 aromatic heterocycles. The maximum absolute atomic E-state index is 5.89. The molecule has 86 valence electrons. The molecule has 0 aliphatic carbocycles. The second-order valence-electron chi connectivity index (χ2n) is 3.65. The summed E-state index contributed by atoms with van der Waals surface area (Å²) in [6.07, 6.45) is 0.979. The lowest BCUT2D eigenvalue weighted by Crippen LogP contribution is -2.05. The van der Waals surface area contributed by atoms with Crippen LogP contribution in [0.15, 0.2) is 25.5 Å². The summed E-state index contributed by atoms with van der Waals surface area (Å²) >= 11 is 7.04. The summed E-state index contributed by atoms with van der Waals surface area (Å²) in [5.74, 6) is 1.03. The molecule has 1 N–H and O–H groups in total. The summed E-state index contributed by atoms with van der Waals surface area (Å²) in [5.41, 5.74) is 2.22. The Morgan fingerprint density at radius 2 is 2.06 bits per heavy atom. The van der Waals surface area contributed by atoms with Gasteiger partial charge in [-0.05, 0) is 41.5 Å². The van der Waals surface area contributed by atoms with E-state index in [-0.39, 0.29) is 0 Å². The standard InChI is InChI=1S/C12H13Br2NO/c1-3-8-9-4-7(13)5-10(14)12(9)16-11(8)6-15-2/h4-5,15H,3,6H2,1-2H3. The molecule has 2 aromatic rings. The zero-order valence-corrected chi connectivity index (χ0v) is 12.4. The highest BCUT2D eigenvalue weighted by atomic mass is 79.9. The largest absolute Gasteiger partial charge is 0.458 e. The van der Waals surface area contributed by atoms with Gasteiger partial charge in [0.25, 0.3) is 0 Å². The molecule has 2 nitrogen and oxygen atoms in total. The van der Waals surface area contributed by atoms with E-state index in [0.29, 0.717) is 0 Å². The molecule has 16 heavy (non-hydrogen) atoms. The van der Waals surface area contributed by atoms with E-state index in [1.54, 1.807) is 0 Å². The van der Waals surface area contributed by atoms with Gasteiger partial charge in [0.1, 0.15) is 11.3 Å². The van der Waals surface area contributed by atoms with Crippen molar-refractivity contribution in [2.24, 2.45) is 0 Å². The molecule has 0 aliphatic heterocycles. The van der Waals surface area contributed by atoms with Crippen LogP contribution in [-0.4, -0.2) is 7.05 Å². The number of aryl methyl sites for hydroxylation is 1. The first-order chi connectivity index (χ1) is 7.67. The number of fused-ring (bicyclic) bond motifs is 1. The van der Waals surface area contributed by atoms with Crippen LogP contribution < -0.4 is 5.32 Å². The van der Waals surface area contributed by atoms with Crippen molar-refractivity contribution < 1.29 is 4.42 Å². The number of halogens is 2. The lowest BCUT2D eigenvalue weighted by molar-refractivity contribution is 0.523. The van der Waals surface area contributed by atoms with Gasteiger partial charge in [-0.25, -0.2) is 0 Å². The molecular formula is C12H13Br2NO. The number of benzene rings is 1. The fraction of sp³-hybridized carbons (Fsp3) is 0.333. The molecule has 4 heteroatoms. The smallest absolute Gasteiger partial charge is 0.148 e. The topological polar surface area (TPSA) is 25.2 Å². The average Bonchev–Trinajstić information content (AvgIpc) is 2.56. The zero-order valence-electron chi connectivity index (χ0n) is 9.23. The lowest BCUT2D eigenvalue weighted by Gasteiger charge is -1.98. The van der Waals surface area contributed by atoms with Crippen molar-refractivity contribution in [2.75, 3.05) is 7.05 Å². The summed E-state index contributed by atoms with van der Waals surface area (Å²) in [7, 11) is 1.93. The minimum absolute atomic E-state index is 0.766. The Bertz CT molecular complexity index is 519. The van der Waals surface area contributed by atoms with Gasteiger partial charge in [0.05, 0.1) is 11.0 Å². The molecule has 0 aliphatic rings. The van der Waals surface area contributed by atoms with Crippen molar-refractivity contribution in [3.8, 4) is 0 Å². The van der Waals surface area contributed by atoms with Gasteiger partial charge >= 0.3 is 0 Å². The van der Waals surface area contributed by atoms with Gasteiger partial charge in [0.2, 0.25) is 0 Å². The molecule has 0 bridgehead atoms. The van der Waals surface area contributed by atoms with Crippen LogP contribution in [0.5, 0.6) is 0 Å². The SMILES string of the molecule is CCc1c(CNC)oc2c(Br)cc(Br)cc12. The second kappa shape index (κ2) is 4.90. The normalized spacial score (nSPS) is 11.2. The van der Waals surface area contributed by atoms with Gasteiger partial charge in [-0.3, -0.25) is 0 Å². The van der Waals surface area contributed by atoms with Crippen molar-refractivity contribution >= 4 is 42.8 Å². The Morgan fingerprint density at radius 3 is 2.69 bits per heavy atom. The number of rotatable bonds is 3.